The molecule has 1 unspecified atom stereocenters. The summed E-state index contributed by atoms with van der Waals surface area (Å²) in [5.41, 5.74) is 1.06. The van der Waals surface area contributed by atoms with Gasteiger partial charge in [-0.2, -0.15) is 0 Å². The zero-order valence-electron chi connectivity index (χ0n) is 10.9. The summed E-state index contributed by atoms with van der Waals surface area (Å²) in [7, 11) is 0. The van der Waals surface area contributed by atoms with E-state index < -0.39 is 0 Å². The third-order valence-electron chi connectivity index (χ3n) is 3.18. The van der Waals surface area contributed by atoms with Crippen LogP contribution in [-0.2, 0) is 11.2 Å². The van der Waals surface area contributed by atoms with Crippen LogP contribution >= 0.6 is 11.3 Å². The van der Waals surface area contributed by atoms with Crippen LogP contribution in [0, 0.1) is 6.92 Å². The Morgan fingerprint density at radius 3 is 3.22 bits per heavy atom. The van der Waals surface area contributed by atoms with Gasteiger partial charge < -0.3 is 10.6 Å². The molecule has 0 saturated carbocycles. The van der Waals surface area contributed by atoms with Crippen molar-refractivity contribution in [3.8, 4) is 0 Å². The molecule has 2 rings (SSSR count). The Morgan fingerprint density at radius 2 is 2.44 bits per heavy atom. The molecule has 0 aliphatic carbocycles. The number of carbonyl (C=O) groups is 1. The summed E-state index contributed by atoms with van der Waals surface area (Å²) in [6.45, 7) is 3.64. The summed E-state index contributed by atoms with van der Waals surface area (Å²) < 4.78 is 0. The van der Waals surface area contributed by atoms with E-state index in [4.69, 9.17) is 0 Å². The van der Waals surface area contributed by atoms with Crippen molar-refractivity contribution in [2.75, 3.05) is 13.1 Å². The lowest BCUT2D eigenvalue weighted by Crippen LogP contribution is -2.44. The van der Waals surface area contributed by atoms with Crippen LogP contribution in [0.4, 0.5) is 0 Å². The maximum atomic E-state index is 12.0. The molecule has 0 aromatic carbocycles. The average Bonchev–Trinajstić information content (AvgIpc) is 2.63. The Kier molecular flexibility index (Phi) is 5.13. The van der Waals surface area contributed by atoms with Crippen LogP contribution in [0.3, 0.4) is 0 Å². The maximum Gasteiger partial charge on any atom is 0.237 e. The highest BCUT2D eigenvalue weighted by molar-refractivity contribution is 7.09. The molecular weight excluding hydrogens is 246 g/mol. The number of hydrogen-bond acceptors (Lipinski definition) is 4. The van der Waals surface area contributed by atoms with Crippen LogP contribution in [0.2, 0.25) is 0 Å². The van der Waals surface area contributed by atoms with Gasteiger partial charge in [-0.05, 0) is 26.3 Å². The Balaban J connectivity index is 1.70. The molecule has 1 aromatic rings. The molecule has 2 N–H and O–H groups in total. The Bertz CT molecular complexity index is 383. The van der Waals surface area contributed by atoms with Crippen molar-refractivity contribution < 1.29 is 4.79 Å². The number of thiazole rings is 1. The van der Waals surface area contributed by atoms with E-state index in [2.05, 4.69) is 15.6 Å². The third kappa shape index (κ3) is 4.07. The summed E-state index contributed by atoms with van der Waals surface area (Å²) >= 11 is 1.66. The molecule has 1 fully saturated rings. The molecule has 18 heavy (non-hydrogen) atoms. The van der Waals surface area contributed by atoms with E-state index in [1.807, 2.05) is 12.3 Å². The quantitative estimate of drug-likeness (QED) is 0.872. The molecule has 0 radical (unpaired) electrons. The monoisotopic (exact) mass is 267 g/mol. The predicted molar refractivity (Wildman–Crippen MR) is 73.8 cm³/mol. The first kappa shape index (κ1) is 13.5. The molecule has 1 aliphatic rings. The van der Waals surface area contributed by atoms with E-state index in [9.17, 15) is 4.79 Å². The SMILES string of the molecule is Cc1csc(CCNC(=O)C2CCCCCN2)n1. The second kappa shape index (κ2) is 6.85. The van der Waals surface area contributed by atoms with Crippen LogP contribution in [0.1, 0.15) is 36.4 Å². The van der Waals surface area contributed by atoms with Crippen LogP contribution in [0.15, 0.2) is 5.38 Å². The molecule has 1 amide bonds. The molecule has 4 nitrogen and oxygen atoms in total. The Labute approximate surface area is 112 Å². The minimum absolute atomic E-state index is 0.00512. The first-order valence-electron chi connectivity index (χ1n) is 6.68. The highest BCUT2D eigenvalue weighted by Gasteiger charge is 2.18. The maximum absolute atomic E-state index is 12.0. The Morgan fingerprint density at radius 1 is 1.56 bits per heavy atom. The predicted octanol–water partition coefficient (Wildman–Crippen LogP) is 1.64. The minimum atomic E-state index is 0.00512. The number of rotatable bonds is 4. The van der Waals surface area contributed by atoms with Crippen molar-refractivity contribution in [2.24, 2.45) is 0 Å². The van der Waals surface area contributed by atoms with Gasteiger partial charge in [0.15, 0.2) is 0 Å². The lowest BCUT2D eigenvalue weighted by Gasteiger charge is -2.15. The largest absolute Gasteiger partial charge is 0.354 e. The van der Waals surface area contributed by atoms with Crippen molar-refractivity contribution in [1.82, 2.24) is 15.6 Å². The van der Waals surface area contributed by atoms with E-state index in [0.29, 0.717) is 6.54 Å². The van der Waals surface area contributed by atoms with E-state index in [0.717, 1.165) is 36.5 Å². The molecule has 1 saturated heterocycles. The van der Waals surface area contributed by atoms with Gasteiger partial charge in [-0.25, -0.2) is 4.98 Å². The van der Waals surface area contributed by atoms with Gasteiger partial charge in [0.05, 0.1) is 11.0 Å². The molecule has 0 bridgehead atoms. The molecule has 1 atom stereocenters. The normalized spacial score (nSPS) is 20.4. The van der Waals surface area contributed by atoms with Gasteiger partial charge in [-0.3, -0.25) is 4.79 Å². The summed E-state index contributed by atoms with van der Waals surface area (Å²) in [5.74, 6) is 0.144. The lowest BCUT2D eigenvalue weighted by molar-refractivity contribution is -0.123. The van der Waals surface area contributed by atoms with E-state index >= 15 is 0 Å². The number of hydrogen-bond donors (Lipinski definition) is 2. The van der Waals surface area contributed by atoms with Crippen molar-refractivity contribution >= 4 is 17.2 Å². The number of aryl methyl sites for hydroxylation is 1. The second-order valence-electron chi connectivity index (χ2n) is 4.78. The van der Waals surface area contributed by atoms with Crippen LogP contribution < -0.4 is 10.6 Å². The molecule has 2 heterocycles. The lowest BCUT2D eigenvalue weighted by atomic mass is 10.1. The molecule has 0 spiro atoms. The van der Waals surface area contributed by atoms with Crippen LogP contribution in [0.5, 0.6) is 0 Å². The average molecular weight is 267 g/mol. The number of nitrogens with zero attached hydrogens (tertiary/aromatic N) is 1. The zero-order chi connectivity index (χ0) is 12.8. The van der Waals surface area contributed by atoms with Gasteiger partial charge in [0.1, 0.15) is 0 Å². The minimum Gasteiger partial charge on any atom is -0.354 e. The highest BCUT2D eigenvalue weighted by Crippen LogP contribution is 2.10. The van der Waals surface area contributed by atoms with Gasteiger partial charge in [0.2, 0.25) is 5.91 Å². The molecule has 1 aromatic heterocycles. The Hall–Kier alpha value is -0.940. The van der Waals surface area contributed by atoms with Crippen molar-refractivity contribution in [3.63, 3.8) is 0 Å². The van der Waals surface area contributed by atoms with Gasteiger partial charge >= 0.3 is 0 Å². The summed E-state index contributed by atoms with van der Waals surface area (Å²) in [4.78, 5) is 16.3. The third-order valence-corrected chi connectivity index (χ3v) is 4.21. The van der Waals surface area contributed by atoms with Gasteiger partial charge in [0.25, 0.3) is 0 Å². The number of aromatic nitrogens is 1. The summed E-state index contributed by atoms with van der Waals surface area (Å²) in [5, 5.41) is 9.46. The standard InChI is InChI=1S/C13H21N3OS/c1-10-9-18-12(16-10)6-8-15-13(17)11-5-3-2-4-7-14-11/h9,11,14H,2-8H2,1H3,(H,15,17). The fourth-order valence-corrected chi connectivity index (χ4v) is 2.96. The number of carbonyl (C=O) groups excluding carboxylic acids is 1. The molecule has 100 valence electrons. The van der Waals surface area contributed by atoms with Crippen molar-refractivity contribution in [2.45, 2.75) is 45.1 Å². The first-order valence-corrected chi connectivity index (χ1v) is 7.56. The second-order valence-corrected chi connectivity index (χ2v) is 5.72. The summed E-state index contributed by atoms with van der Waals surface area (Å²) in [6, 6.07) is 0.00512. The van der Waals surface area contributed by atoms with Gasteiger partial charge in [-0.1, -0.05) is 12.8 Å². The molecular formula is C13H21N3OS. The van der Waals surface area contributed by atoms with Gasteiger partial charge in [-0.15, -0.1) is 11.3 Å². The van der Waals surface area contributed by atoms with E-state index in [-0.39, 0.29) is 11.9 Å². The highest BCUT2D eigenvalue weighted by atomic mass is 32.1. The number of amides is 1. The number of nitrogens with one attached hydrogen (secondary N) is 2. The van der Waals surface area contributed by atoms with E-state index in [1.54, 1.807) is 11.3 Å². The smallest absolute Gasteiger partial charge is 0.237 e. The fraction of sp³-hybridized carbons (Fsp3) is 0.692. The zero-order valence-corrected chi connectivity index (χ0v) is 11.7. The van der Waals surface area contributed by atoms with Crippen molar-refractivity contribution in [3.05, 3.63) is 16.1 Å². The fourth-order valence-electron chi connectivity index (χ4n) is 2.19. The first-order chi connectivity index (χ1) is 8.75. The molecule has 1 aliphatic heterocycles. The topological polar surface area (TPSA) is 54.0 Å². The van der Waals surface area contributed by atoms with E-state index in [1.165, 1.54) is 12.8 Å². The van der Waals surface area contributed by atoms with Crippen molar-refractivity contribution in [1.29, 1.82) is 0 Å². The van der Waals surface area contributed by atoms with Gasteiger partial charge in [0, 0.05) is 24.0 Å². The van der Waals surface area contributed by atoms with Crippen LogP contribution in [0.25, 0.3) is 0 Å². The van der Waals surface area contributed by atoms with Crippen LogP contribution in [-0.4, -0.2) is 30.0 Å². The molecule has 5 heteroatoms. The summed E-state index contributed by atoms with van der Waals surface area (Å²) in [6.07, 6.45) is 5.35.